The zero-order valence-electron chi connectivity index (χ0n) is 11.7. The number of nitrogens with one attached hydrogen (secondary N) is 2. The average Bonchev–Trinajstić information content (AvgIpc) is 3.03. The second kappa shape index (κ2) is 5.27. The lowest BCUT2D eigenvalue weighted by Crippen LogP contribution is -2.13. The van der Waals surface area contributed by atoms with Crippen molar-refractivity contribution in [2.75, 3.05) is 5.32 Å². The summed E-state index contributed by atoms with van der Waals surface area (Å²) in [5.41, 5.74) is 8.59. The fraction of sp³-hybridized carbons (Fsp3) is 0.214. The molecular formula is C14H15N5OS. The highest BCUT2D eigenvalue weighted by molar-refractivity contribution is 7.09. The molecular weight excluding hydrogens is 286 g/mol. The minimum Gasteiger partial charge on any atom is -0.342 e. The van der Waals surface area contributed by atoms with Gasteiger partial charge in [0.2, 0.25) is 0 Å². The molecule has 1 amide bonds. The molecule has 2 aromatic heterocycles. The molecule has 1 atom stereocenters. The van der Waals surface area contributed by atoms with Gasteiger partial charge in [0.1, 0.15) is 16.5 Å². The second-order valence-electron chi connectivity index (χ2n) is 4.87. The van der Waals surface area contributed by atoms with Gasteiger partial charge in [0.05, 0.1) is 17.1 Å². The van der Waals surface area contributed by atoms with Gasteiger partial charge in [-0.25, -0.2) is 9.97 Å². The van der Waals surface area contributed by atoms with Gasteiger partial charge in [-0.05, 0) is 32.0 Å². The number of amides is 1. The molecule has 0 aliphatic carbocycles. The lowest BCUT2D eigenvalue weighted by atomic mass is 10.2. The number of fused-ring (bicyclic) bond motifs is 1. The number of aryl methyl sites for hydroxylation is 1. The summed E-state index contributed by atoms with van der Waals surface area (Å²) in [7, 11) is 0. The molecule has 7 heteroatoms. The van der Waals surface area contributed by atoms with Crippen LogP contribution in [0.3, 0.4) is 0 Å². The Balaban J connectivity index is 1.81. The zero-order chi connectivity index (χ0) is 15.0. The van der Waals surface area contributed by atoms with Crippen molar-refractivity contribution in [2.45, 2.75) is 19.9 Å². The number of hydrogen-bond acceptors (Lipinski definition) is 5. The highest BCUT2D eigenvalue weighted by Crippen LogP contribution is 2.19. The number of carbonyl (C=O) groups excluding carboxylic acids is 1. The molecule has 2 heterocycles. The first-order valence-electron chi connectivity index (χ1n) is 6.51. The van der Waals surface area contributed by atoms with E-state index in [2.05, 4.69) is 20.3 Å². The number of anilines is 1. The monoisotopic (exact) mass is 301 g/mol. The molecule has 0 fully saturated rings. The number of hydrogen-bond donors (Lipinski definition) is 3. The van der Waals surface area contributed by atoms with Crippen LogP contribution in [-0.4, -0.2) is 20.9 Å². The van der Waals surface area contributed by atoms with Crippen LogP contribution in [0.25, 0.3) is 11.0 Å². The number of H-pyrrole nitrogens is 1. The van der Waals surface area contributed by atoms with Crippen LogP contribution in [0.5, 0.6) is 0 Å². The molecule has 1 unspecified atom stereocenters. The molecule has 4 N–H and O–H groups in total. The first kappa shape index (κ1) is 13.7. The summed E-state index contributed by atoms with van der Waals surface area (Å²) in [6.07, 6.45) is 0. The SMILES string of the molecule is Cc1nc2ccc(NC(=O)c3csc(C(C)N)n3)cc2[nH]1. The summed E-state index contributed by atoms with van der Waals surface area (Å²) in [6.45, 7) is 3.73. The first-order valence-corrected chi connectivity index (χ1v) is 7.39. The van der Waals surface area contributed by atoms with Gasteiger partial charge in [-0.15, -0.1) is 11.3 Å². The Kier molecular flexibility index (Phi) is 3.44. The van der Waals surface area contributed by atoms with Crippen LogP contribution in [0, 0.1) is 6.92 Å². The van der Waals surface area contributed by atoms with Crippen molar-refractivity contribution in [3.63, 3.8) is 0 Å². The molecule has 0 aliphatic rings. The molecule has 3 aromatic rings. The van der Waals surface area contributed by atoms with Gasteiger partial charge < -0.3 is 16.0 Å². The van der Waals surface area contributed by atoms with Crippen LogP contribution in [0.1, 0.15) is 34.3 Å². The van der Waals surface area contributed by atoms with Gasteiger partial charge in [-0.3, -0.25) is 4.79 Å². The van der Waals surface area contributed by atoms with E-state index in [-0.39, 0.29) is 11.9 Å². The molecule has 0 saturated carbocycles. The third-order valence-electron chi connectivity index (χ3n) is 3.00. The number of aromatic nitrogens is 3. The first-order chi connectivity index (χ1) is 10.0. The standard InChI is InChI=1S/C14H15N5OS/c1-7(15)14-19-12(6-21-14)13(20)18-9-3-4-10-11(5-9)17-8(2)16-10/h3-7H,15H2,1-2H3,(H,16,17)(H,18,20). The molecule has 0 radical (unpaired) electrons. The number of benzene rings is 1. The van der Waals surface area contributed by atoms with Gasteiger partial charge in [0, 0.05) is 11.1 Å². The Bertz CT molecular complexity index is 805. The fourth-order valence-electron chi connectivity index (χ4n) is 2.01. The van der Waals surface area contributed by atoms with Gasteiger partial charge >= 0.3 is 0 Å². The van der Waals surface area contributed by atoms with Gasteiger partial charge in [0.15, 0.2) is 0 Å². The Morgan fingerprint density at radius 2 is 2.24 bits per heavy atom. The van der Waals surface area contributed by atoms with Crippen molar-refractivity contribution in [3.05, 3.63) is 40.1 Å². The number of nitrogens with two attached hydrogens (primary N) is 1. The molecule has 0 aliphatic heterocycles. The molecule has 1 aromatic carbocycles. The Morgan fingerprint density at radius 1 is 1.43 bits per heavy atom. The lowest BCUT2D eigenvalue weighted by molar-refractivity contribution is 0.102. The highest BCUT2D eigenvalue weighted by Gasteiger charge is 2.13. The van der Waals surface area contributed by atoms with Gasteiger partial charge in [-0.1, -0.05) is 0 Å². The van der Waals surface area contributed by atoms with E-state index < -0.39 is 0 Å². The van der Waals surface area contributed by atoms with Gasteiger partial charge in [-0.2, -0.15) is 0 Å². The average molecular weight is 301 g/mol. The summed E-state index contributed by atoms with van der Waals surface area (Å²) < 4.78 is 0. The largest absolute Gasteiger partial charge is 0.342 e. The Morgan fingerprint density at radius 3 is 2.95 bits per heavy atom. The Labute approximate surface area is 125 Å². The molecule has 6 nitrogen and oxygen atoms in total. The predicted molar refractivity (Wildman–Crippen MR) is 83.5 cm³/mol. The van der Waals surface area contributed by atoms with Crippen LogP contribution in [0.2, 0.25) is 0 Å². The quantitative estimate of drug-likeness (QED) is 0.692. The maximum absolute atomic E-state index is 12.2. The lowest BCUT2D eigenvalue weighted by Gasteiger charge is -2.03. The summed E-state index contributed by atoms with van der Waals surface area (Å²) in [5.74, 6) is 0.600. The van der Waals surface area contributed by atoms with E-state index in [0.29, 0.717) is 11.4 Å². The van der Waals surface area contributed by atoms with Crippen molar-refractivity contribution in [1.82, 2.24) is 15.0 Å². The number of rotatable bonds is 3. The van der Waals surface area contributed by atoms with E-state index in [9.17, 15) is 4.79 Å². The zero-order valence-corrected chi connectivity index (χ0v) is 12.5. The predicted octanol–water partition coefficient (Wildman–Crippen LogP) is 2.60. The molecule has 0 saturated heterocycles. The van der Waals surface area contributed by atoms with Crippen molar-refractivity contribution in [1.29, 1.82) is 0 Å². The topological polar surface area (TPSA) is 96.7 Å². The number of thiazole rings is 1. The van der Waals surface area contributed by atoms with E-state index in [0.717, 1.165) is 21.9 Å². The second-order valence-corrected chi connectivity index (χ2v) is 5.76. The van der Waals surface area contributed by atoms with E-state index in [1.165, 1.54) is 11.3 Å². The maximum atomic E-state index is 12.2. The molecule has 0 spiro atoms. The van der Waals surface area contributed by atoms with Gasteiger partial charge in [0.25, 0.3) is 5.91 Å². The third-order valence-corrected chi connectivity index (χ3v) is 4.05. The molecule has 108 valence electrons. The molecule has 21 heavy (non-hydrogen) atoms. The van der Waals surface area contributed by atoms with Crippen LogP contribution in [-0.2, 0) is 0 Å². The maximum Gasteiger partial charge on any atom is 0.275 e. The number of aromatic amines is 1. The van der Waals surface area contributed by atoms with E-state index in [1.807, 2.05) is 32.0 Å². The highest BCUT2D eigenvalue weighted by atomic mass is 32.1. The van der Waals surface area contributed by atoms with Crippen LogP contribution in [0.4, 0.5) is 5.69 Å². The van der Waals surface area contributed by atoms with Crippen LogP contribution in [0.15, 0.2) is 23.6 Å². The number of carbonyl (C=O) groups is 1. The normalized spacial score (nSPS) is 12.5. The minimum absolute atomic E-state index is 0.166. The van der Waals surface area contributed by atoms with E-state index in [4.69, 9.17) is 5.73 Å². The minimum atomic E-state index is -0.242. The molecule has 3 rings (SSSR count). The fourth-order valence-corrected chi connectivity index (χ4v) is 2.77. The van der Waals surface area contributed by atoms with Crippen molar-refractivity contribution < 1.29 is 4.79 Å². The number of imidazole rings is 1. The van der Waals surface area contributed by atoms with Crippen LogP contribution >= 0.6 is 11.3 Å². The van der Waals surface area contributed by atoms with Crippen molar-refractivity contribution >= 4 is 34.0 Å². The summed E-state index contributed by atoms with van der Waals surface area (Å²) in [6, 6.07) is 5.37. The van der Waals surface area contributed by atoms with Crippen molar-refractivity contribution in [3.8, 4) is 0 Å². The van der Waals surface area contributed by atoms with Crippen molar-refractivity contribution in [2.24, 2.45) is 5.73 Å². The summed E-state index contributed by atoms with van der Waals surface area (Å²) in [5, 5.41) is 5.29. The van der Waals surface area contributed by atoms with E-state index in [1.54, 1.807) is 5.38 Å². The van der Waals surface area contributed by atoms with Crippen LogP contribution < -0.4 is 11.1 Å². The number of nitrogens with zero attached hydrogens (tertiary/aromatic N) is 2. The third kappa shape index (κ3) is 2.79. The summed E-state index contributed by atoms with van der Waals surface area (Å²) >= 11 is 1.39. The smallest absolute Gasteiger partial charge is 0.275 e. The summed E-state index contributed by atoms with van der Waals surface area (Å²) in [4.78, 5) is 23.9. The molecule has 0 bridgehead atoms. The Hall–Kier alpha value is -2.25. The van der Waals surface area contributed by atoms with E-state index >= 15 is 0 Å².